The van der Waals surface area contributed by atoms with Crippen molar-refractivity contribution in [3.63, 3.8) is 0 Å². The number of hydrogen-bond acceptors (Lipinski definition) is 5. The fourth-order valence-electron chi connectivity index (χ4n) is 4.80. The van der Waals surface area contributed by atoms with Crippen LogP contribution >= 0.6 is 23.4 Å². The number of benzene rings is 1. The molecule has 150 valence electrons. The molecule has 0 unspecified atom stereocenters. The van der Waals surface area contributed by atoms with Crippen LogP contribution in [0.3, 0.4) is 0 Å². The van der Waals surface area contributed by atoms with E-state index in [1.54, 1.807) is 26.0 Å². The van der Waals surface area contributed by atoms with Crippen LogP contribution in [0, 0.1) is 0 Å². The van der Waals surface area contributed by atoms with Crippen LogP contribution in [0.15, 0.2) is 24.3 Å². The second kappa shape index (κ2) is 8.08. The molecule has 1 N–H and O–H groups in total. The van der Waals surface area contributed by atoms with Gasteiger partial charge in [-0.2, -0.15) is 0 Å². The molecule has 2 amide bonds. The maximum Gasteiger partial charge on any atom is 1.00 e. The summed E-state index contributed by atoms with van der Waals surface area (Å²) in [5, 5.41) is 14.7. The SMILES string of the molecule is CC1(C)S[C@@H]2[C@H](NC(=O)C3(c4ccc(Cl)cc4)CCCC3)C(=O)N2[C@H]1C(=O)[O-].[Na+]. The van der Waals surface area contributed by atoms with Gasteiger partial charge in [-0.3, -0.25) is 9.59 Å². The molecular weight excluding hydrogens is 423 g/mol. The molecule has 2 saturated heterocycles. The summed E-state index contributed by atoms with van der Waals surface area (Å²) in [6.07, 6.45) is 3.32. The van der Waals surface area contributed by atoms with E-state index in [-0.39, 0.29) is 46.7 Å². The molecule has 1 aliphatic carbocycles. The van der Waals surface area contributed by atoms with Gasteiger partial charge < -0.3 is 20.1 Å². The van der Waals surface area contributed by atoms with Crippen LogP contribution in [-0.4, -0.2) is 44.9 Å². The van der Waals surface area contributed by atoms with E-state index in [1.807, 2.05) is 12.1 Å². The number of rotatable bonds is 4. The maximum absolute atomic E-state index is 13.3. The summed E-state index contributed by atoms with van der Waals surface area (Å²) in [6, 6.07) is 5.62. The molecule has 29 heavy (non-hydrogen) atoms. The predicted molar refractivity (Wildman–Crippen MR) is 105 cm³/mol. The Hall–Kier alpha value is -0.730. The number of hydrogen-bond donors (Lipinski definition) is 1. The van der Waals surface area contributed by atoms with E-state index in [9.17, 15) is 19.5 Å². The van der Waals surface area contributed by atoms with E-state index in [2.05, 4.69) is 5.32 Å². The molecule has 1 saturated carbocycles. The van der Waals surface area contributed by atoms with Gasteiger partial charge in [0.05, 0.1) is 17.4 Å². The number of nitrogens with one attached hydrogen (secondary N) is 1. The number of aliphatic carboxylic acids is 1. The van der Waals surface area contributed by atoms with Crippen LogP contribution in [-0.2, 0) is 19.8 Å². The molecule has 4 rings (SSSR count). The minimum absolute atomic E-state index is 0. The largest absolute Gasteiger partial charge is 1.00 e. The summed E-state index contributed by atoms with van der Waals surface area (Å²) in [5.41, 5.74) is 0.236. The zero-order valence-corrected chi connectivity index (χ0v) is 20.3. The van der Waals surface area contributed by atoms with Gasteiger partial charge in [0.25, 0.3) is 0 Å². The topological polar surface area (TPSA) is 89.5 Å². The Labute approximate surface area is 201 Å². The summed E-state index contributed by atoms with van der Waals surface area (Å²) in [7, 11) is 0. The molecule has 1 aromatic rings. The first kappa shape index (κ1) is 22.9. The van der Waals surface area contributed by atoms with Crippen molar-refractivity contribution in [2.24, 2.45) is 0 Å². The Morgan fingerprint density at radius 2 is 1.79 bits per heavy atom. The monoisotopic (exact) mass is 444 g/mol. The number of amides is 2. The number of fused-ring (bicyclic) bond motifs is 1. The van der Waals surface area contributed by atoms with E-state index in [1.165, 1.54) is 16.7 Å². The van der Waals surface area contributed by atoms with E-state index in [4.69, 9.17) is 11.6 Å². The van der Waals surface area contributed by atoms with Crippen molar-refractivity contribution in [1.82, 2.24) is 10.2 Å². The minimum Gasteiger partial charge on any atom is -0.548 e. The molecule has 9 heteroatoms. The van der Waals surface area contributed by atoms with Gasteiger partial charge in [0.2, 0.25) is 11.8 Å². The van der Waals surface area contributed by atoms with E-state index in [0.29, 0.717) is 5.02 Å². The standard InChI is InChI=1S/C20H23ClN2O4S.Na/c1-19(2)14(17(25)26)23-15(24)13(16(23)28-19)22-18(27)20(9-3-4-10-20)11-5-7-12(21)8-6-11;/h5-8,13-14,16H,3-4,9-10H2,1-2H3,(H,22,27)(H,25,26);/q;+1/p-1/t13-,14+,16-;/m1./s1. The van der Waals surface area contributed by atoms with Crippen molar-refractivity contribution in [2.75, 3.05) is 0 Å². The first-order chi connectivity index (χ1) is 13.2. The molecule has 3 atom stereocenters. The van der Waals surface area contributed by atoms with Crippen LogP contribution < -0.4 is 40.0 Å². The zero-order valence-electron chi connectivity index (χ0n) is 16.7. The third-order valence-corrected chi connectivity index (χ3v) is 8.06. The Bertz CT molecular complexity index is 841. The fraction of sp³-hybridized carbons (Fsp3) is 0.550. The van der Waals surface area contributed by atoms with Crippen LogP contribution in [0.4, 0.5) is 0 Å². The zero-order chi connectivity index (χ0) is 20.3. The molecule has 0 radical (unpaired) electrons. The molecule has 1 aromatic carbocycles. The van der Waals surface area contributed by atoms with Crippen molar-refractivity contribution in [1.29, 1.82) is 0 Å². The molecular formula is C20H22ClN2NaO4S. The van der Waals surface area contributed by atoms with Gasteiger partial charge >= 0.3 is 29.6 Å². The molecule has 0 spiro atoms. The average Bonchev–Trinajstić information content (AvgIpc) is 3.22. The van der Waals surface area contributed by atoms with Crippen LogP contribution in [0.25, 0.3) is 0 Å². The molecule has 0 aromatic heterocycles. The minimum atomic E-state index is -1.26. The number of thioether (sulfide) groups is 1. The fourth-order valence-corrected chi connectivity index (χ4v) is 6.55. The van der Waals surface area contributed by atoms with Crippen molar-refractivity contribution >= 4 is 41.1 Å². The molecule has 3 aliphatic rings. The van der Waals surface area contributed by atoms with Gasteiger partial charge in [-0.15, -0.1) is 11.8 Å². The number of nitrogens with zero attached hydrogens (tertiary/aromatic N) is 1. The average molecular weight is 445 g/mol. The maximum atomic E-state index is 13.3. The molecule has 6 nitrogen and oxygen atoms in total. The summed E-state index contributed by atoms with van der Waals surface area (Å²) >= 11 is 7.40. The quantitative estimate of drug-likeness (QED) is 0.449. The number of halogens is 1. The first-order valence-electron chi connectivity index (χ1n) is 9.45. The number of carbonyl (C=O) groups excluding carboxylic acids is 3. The summed E-state index contributed by atoms with van der Waals surface area (Å²) in [5.74, 6) is -1.78. The smallest absolute Gasteiger partial charge is 0.548 e. The molecule has 2 aliphatic heterocycles. The third kappa shape index (κ3) is 3.63. The second-order valence-electron chi connectivity index (χ2n) is 8.33. The Balaban J connectivity index is 0.00000240. The Kier molecular flexibility index (Phi) is 6.39. The number of carboxylic acid groups (broad SMARTS) is 1. The van der Waals surface area contributed by atoms with Gasteiger partial charge in [-0.25, -0.2) is 0 Å². The normalized spacial score (nSPS) is 28.9. The molecule has 3 fully saturated rings. The number of carboxylic acids is 1. The van der Waals surface area contributed by atoms with Crippen molar-refractivity contribution in [3.8, 4) is 0 Å². The van der Waals surface area contributed by atoms with Gasteiger partial charge in [0.15, 0.2) is 0 Å². The second-order valence-corrected chi connectivity index (χ2v) is 10.5. The van der Waals surface area contributed by atoms with Crippen molar-refractivity contribution < 1.29 is 49.0 Å². The summed E-state index contributed by atoms with van der Waals surface area (Å²) in [4.78, 5) is 38.9. The first-order valence-corrected chi connectivity index (χ1v) is 10.7. The van der Waals surface area contributed by atoms with Crippen LogP contribution in [0.2, 0.25) is 5.02 Å². The third-order valence-electron chi connectivity index (χ3n) is 6.24. The number of β-lactam (4-membered cyclic amide) rings is 1. The Morgan fingerprint density at radius 3 is 2.34 bits per heavy atom. The summed E-state index contributed by atoms with van der Waals surface area (Å²) in [6.45, 7) is 3.57. The van der Waals surface area contributed by atoms with E-state index in [0.717, 1.165) is 31.2 Å². The van der Waals surface area contributed by atoms with Gasteiger partial charge in [0, 0.05) is 9.77 Å². The van der Waals surface area contributed by atoms with Crippen LogP contribution in [0.1, 0.15) is 45.1 Å². The van der Waals surface area contributed by atoms with Crippen molar-refractivity contribution in [3.05, 3.63) is 34.9 Å². The molecule has 0 bridgehead atoms. The van der Waals surface area contributed by atoms with Gasteiger partial charge in [-0.05, 0) is 44.4 Å². The summed E-state index contributed by atoms with van der Waals surface area (Å²) < 4.78 is -0.667. The Morgan fingerprint density at radius 1 is 1.21 bits per heavy atom. The van der Waals surface area contributed by atoms with Gasteiger partial charge in [-0.1, -0.05) is 36.6 Å². The van der Waals surface area contributed by atoms with Gasteiger partial charge in [0.1, 0.15) is 11.4 Å². The van der Waals surface area contributed by atoms with E-state index < -0.39 is 28.2 Å². The molecule has 2 heterocycles. The van der Waals surface area contributed by atoms with Crippen LogP contribution in [0.5, 0.6) is 0 Å². The number of carbonyl (C=O) groups is 3. The van der Waals surface area contributed by atoms with E-state index >= 15 is 0 Å². The van der Waals surface area contributed by atoms with Crippen molar-refractivity contribution in [2.45, 2.75) is 67.2 Å². The predicted octanol–water partition coefficient (Wildman–Crippen LogP) is -1.55.